The first-order valence-corrected chi connectivity index (χ1v) is 5.37. The number of aliphatic hydroxyl groups excluding tert-OH is 2. The highest BCUT2D eigenvalue weighted by atomic mass is 16.4. The maximum absolute atomic E-state index is 10.2. The number of carboxylic acid groups (broad SMARTS) is 1. The first kappa shape index (κ1) is 14.3. The molecule has 90 valence electrons. The second-order valence-electron chi connectivity index (χ2n) is 3.76. The van der Waals surface area contributed by atoms with E-state index in [0.29, 0.717) is 12.8 Å². The van der Waals surface area contributed by atoms with Crippen molar-refractivity contribution in [3.8, 4) is 0 Å². The van der Waals surface area contributed by atoms with Crippen LogP contribution in [0.5, 0.6) is 0 Å². The molecular formula is C10H21NO4. The quantitative estimate of drug-likeness (QED) is 0.333. The van der Waals surface area contributed by atoms with E-state index >= 15 is 0 Å². The first-order chi connectivity index (χ1) is 7.04. The molecule has 0 heterocycles. The van der Waals surface area contributed by atoms with Gasteiger partial charge in [0, 0.05) is 6.42 Å². The van der Waals surface area contributed by atoms with Crippen LogP contribution in [0.25, 0.3) is 0 Å². The lowest BCUT2D eigenvalue weighted by atomic mass is 10.1. The van der Waals surface area contributed by atoms with Gasteiger partial charge in [-0.25, -0.2) is 0 Å². The van der Waals surface area contributed by atoms with Gasteiger partial charge >= 0.3 is 5.97 Å². The topological polar surface area (TPSA) is 104 Å². The number of aliphatic carboxylic acids is 1. The van der Waals surface area contributed by atoms with E-state index in [-0.39, 0.29) is 6.42 Å². The number of hydrogen-bond donors (Lipinski definition) is 4. The molecule has 0 aromatic heterocycles. The fourth-order valence-electron chi connectivity index (χ4n) is 1.33. The third-order valence-electron chi connectivity index (χ3n) is 2.28. The smallest absolute Gasteiger partial charge is 0.303 e. The molecule has 0 aliphatic rings. The summed E-state index contributed by atoms with van der Waals surface area (Å²) in [7, 11) is 0. The Morgan fingerprint density at radius 2 is 1.60 bits per heavy atom. The number of unbranched alkanes of at least 4 members (excludes halogenated alkanes) is 4. The van der Waals surface area contributed by atoms with Gasteiger partial charge in [-0.3, -0.25) is 4.79 Å². The fourth-order valence-corrected chi connectivity index (χ4v) is 1.33. The molecule has 15 heavy (non-hydrogen) atoms. The van der Waals surface area contributed by atoms with Crippen LogP contribution in [0.4, 0.5) is 0 Å². The van der Waals surface area contributed by atoms with Crippen molar-refractivity contribution in [1.82, 2.24) is 0 Å². The summed E-state index contributed by atoms with van der Waals surface area (Å²) in [6.07, 6.45) is 3.03. The zero-order valence-corrected chi connectivity index (χ0v) is 8.93. The van der Waals surface area contributed by atoms with E-state index in [1.54, 1.807) is 0 Å². The minimum atomic E-state index is -1.16. The summed E-state index contributed by atoms with van der Waals surface area (Å²) in [6.45, 7) is 0. The van der Waals surface area contributed by atoms with Gasteiger partial charge in [0.05, 0.1) is 6.10 Å². The Bertz CT molecular complexity index is 173. The average molecular weight is 219 g/mol. The zero-order valence-electron chi connectivity index (χ0n) is 8.93. The average Bonchev–Trinajstić information content (AvgIpc) is 2.15. The van der Waals surface area contributed by atoms with Crippen molar-refractivity contribution >= 4 is 5.97 Å². The first-order valence-electron chi connectivity index (χ1n) is 5.37. The molecule has 5 heteroatoms. The fraction of sp³-hybridized carbons (Fsp3) is 0.900. The van der Waals surface area contributed by atoms with Gasteiger partial charge in [-0.05, 0) is 12.8 Å². The van der Waals surface area contributed by atoms with E-state index in [1.165, 1.54) is 0 Å². The maximum atomic E-state index is 10.2. The van der Waals surface area contributed by atoms with E-state index < -0.39 is 18.3 Å². The van der Waals surface area contributed by atoms with Crippen LogP contribution < -0.4 is 5.73 Å². The summed E-state index contributed by atoms with van der Waals surface area (Å²) in [4.78, 5) is 10.2. The van der Waals surface area contributed by atoms with Gasteiger partial charge < -0.3 is 21.1 Å². The summed E-state index contributed by atoms with van der Waals surface area (Å²) in [6, 6.07) is 0. The van der Waals surface area contributed by atoms with Crippen molar-refractivity contribution in [1.29, 1.82) is 0 Å². The number of nitrogens with two attached hydrogens (primary N) is 1. The molecule has 0 aromatic rings. The molecule has 5 nitrogen and oxygen atoms in total. The molecule has 0 bridgehead atoms. The van der Waals surface area contributed by atoms with E-state index in [4.69, 9.17) is 21.1 Å². The van der Waals surface area contributed by atoms with Gasteiger partial charge in [-0.1, -0.05) is 25.7 Å². The number of rotatable bonds is 9. The van der Waals surface area contributed by atoms with Crippen LogP contribution in [0.3, 0.4) is 0 Å². The normalized spacial score (nSPS) is 14.9. The molecule has 0 amide bonds. The van der Waals surface area contributed by atoms with Gasteiger partial charge in [0.25, 0.3) is 0 Å². The highest BCUT2D eigenvalue weighted by molar-refractivity contribution is 5.66. The molecule has 0 aliphatic carbocycles. The Kier molecular flexibility index (Phi) is 8.27. The summed E-state index contributed by atoms with van der Waals surface area (Å²) in [5, 5.41) is 26.3. The lowest BCUT2D eigenvalue weighted by Crippen LogP contribution is -2.33. The highest BCUT2D eigenvalue weighted by Crippen LogP contribution is 2.09. The Balaban J connectivity index is 3.15. The largest absolute Gasteiger partial charge is 0.481 e. The Labute approximate surface area is 89.9 Å². The van der Waals surface area contributed by atoms with E-state index in [2.05, 4.69) is 0 Å². The van der Waals surface area contributed by atoms with Crippen LogP contribution in [0.15, 0.2) is 0 Å². The van der Waals surface area contributed by atoms with Crippen LogP contribution in [-0.2, 0) is 4.79 Å². The third-order valence-corrected chi connectivity index (χ3v) is 2.28. The summed E-state index contributed by atoms with van der Waals surface area (Å²) in [5.41, 5.74) is 5.07. The molecule has 0 aliphatic heterocycles. The SMILES string of the molecule is NC(O)C(O)CCCCCCCC(=O)O. The molecule has 0 radical (unpaired) electrons. The van der Waals surface area contributed by atoms with Crippen LogP contribution in [0, 0.1) is 0 Å². The maximum Gasteiger partial charge on any atom is 0.303 e. The van der Waals surface area contributed by atoms with Crippen LogP contribution in [0.2, 0.25) is 0 Å². The van der Waals surface area contributed by atoms with Crippen molar-refractivity contribution in [3.05, 3.63) is 0 Å². The molecule has 0 spiro atoms. The number of carbonyl (C=O) groups is 1. The summed E-state index contributed by atoms with van der Waals surface area (Å²) >= 11 is 0. The predicted molar refractivity (Wildman–Crippen MR) is 56.2 cm³/mol. The third kappa shape index (κ3) is 9.65. The van der Waals surface area contributed by atoms with Gasteiger partial charge in [0.15, 0.2) is 0 Å². The molecular weight excluding hydrogens is 198 g/mol. The molecule has 2 atom stereocenters. The second-order valence-corrected chi connectivity index (χ2v) is 3.76. The van der Waals surface area contributed by atoms with Gasteiger partial charge in [0.1, 0.15) is 6.23 Å². The van der Waals surface area contributed by atoms with Gasteiger partial charge in [0.2, 0.25) is 0 Å². The van der Waals surface area contributed by atoms with E-state index in [1.807, 2.05) is 0 Å². The lowest BCUT2D eigenvalue weighted by Gasteiger charge is -2.12. The highest BCUT2D eigenvalue weighted by Gasteiger charge is 2.09. The standard InChI is InChI=1S/C10H21NO4/c11-10(15)8(12)6-4-2-1-3-5-7-9(13)14/h8,10,12,15H,1-7,11H2,(H,13,14). The molecule has 0 aromatic carbocycles. The molecule has 5 N–H and O–H groups in total. The van der Waals surface area contributed by atoms with Crippen LogP contribution in [0.1, 0.15) is 44.9 Å². The molecule has 0 rings (SSSR count). The van der Waals surface area contributed by atoms with Crippen LogP contribution in [-0.4, -0.2) is 33.6 Å². The number of aliphatic hydroxyl groups is 2. The monoisotopic (exact) mass is 219 g/mol. The van der Waals surface area contributed by atoms with Gasteiger partial charge in [-0.15, -0.1) is 0 Å². The molecule has 2 unspecified atom stereocenters. The molecule has 0 saturated heterocycles. The predicted octanol–water partition coefficient (Wildman–Crippen LogP) is 0.440. The van der Waals surface area contributed by atoms with Crippen molar-refractivity contribution in [3.63, 3.8) is 0 Å². The zero-order chi connectivity index (χ0) is 11.7. The Hall–Kier alpha value is -0.650. The van der Waals surface area contributed by atoms with Crippen molar-refractivity contribution < 1.29 is 20.1 Å². The number of hydrogen-bond acceptors (Lipinski definition) is 4. The minimum Gasteiger partial charge on any atom is -0.481 e. The summed E-state index contributed by atoms with van der Waals surface area (Å²) < 4.78 is 0. The molecule has 0 saturated carbocycles. The Morgan fingerprint density at radius 3 is 2.13 bits per heavy atom. The van der Waals surface area contributed by atoms with E-state index in [0.717, 1.165) is 25.7 Å². The number of carboxylic acids is 1. The lowest BCUT2D eigenvalue weighted by molar-refractivity contribution is -0.137. The van der Waals surface area contributed by atoms with Crippen molar-refractivity contribution in [2.75, 3.05) is 0 Å². The second kappa shape index (κ2) is 8.64. The molecule has 0 fully saturated rings. The van der Waals surface area contributed by atoms with Gasteiger partial charge in [-0.2, -0.15) is 0 Å². The minimum absolute atomic E-state index is 0.226. The van der Waals surface area contributed by atoms with Crippen molar-refractivity contribution in [2.45, 2.75) is 57.3 Å². The summed E-state index contributed by atoms with van der Waals surface area (Å²) in [5.74, 6) is -0.753. The Morgan fingerprint density at radius 1 is 1.07 bits per heavy atom. The van der Waals surface area contributed by atoms with E-state index in [9.17, 15) is 4.79 Å². The van der Waals surface area contributed by atoms with Crippen LogP contribution >= 0.6 is 0 Å². The van der Waals surface area contributed by atoms with Crippen molar-refractivity contribution in [2.24, 2.45) is 5.73 Å².